The second-order valence-electron chi connectivity index (χ2n) is 8.11. The van der Waals surface area contributed by atoms with Crippen LogP contribution in [0.25, 0.3) is 10.9 Å². The molecule has 2 aromatic heterocycles. The molecule has 0 atom stereocenters. The van der Waals surface area contributed by atoms with Crippen molar-refractivity contribution in [3.05, 3.63) is 57.7 Å². The largest absolute Gasteiger partial charge is 0.352 e. The molecule has 1 aliphatic heterocycles. The number of benzene rings is 1. The number of hydrogen-bond acceptors (Lipinski definition) is 5. The summed E-state index contributed by atoms with van der Waals surface area (Å²) in [6, 6.07) is 6.15. The Balaban J connectivity index is 1.45. The van der Waals surface area contributed by atoms with Crippen molar-refractivity contribution >= 4 is 34.1 Å². The molecule has 4 rings (SSSR count). The first kappa shape index (κ1) is 20.5. The molecule has 30 heavy (non-hydrogen) atoms. The average molecular weight is 423 g/mol. The van der Waals surface area contributed by atoms with E-state index in [2.05, 4.69) is 42.1 Å². The van der Waals surface area contributed by atoms with Gasteiger partial charge >= 0.3 is 0 Å². The van der Waals surface area contributed by atoms with Crippen LogP contribution in [0.4, 0.5) is 0 Å². The summed E-state index contributed by atoms with van der Waals surface area (Å²) in [5.74, 6) is 0.477. The van der Waals surface area contributed by atoms with Gasteiger partial charge in [0.15, 0.2) is 0 Å². The van der Waals surface area contributed by atoms with E-state index in [0.29, 0.717) is 36.8 Å². The van der Waals surface area contributed by atoms with Crippen molar-refractivity contribution in [2.24, 2.45) is 5.92 Å². The monoisotopic (exact) mass is 422 g/mol. The zero-order valence-electron chi connectivity index (χ0n) is 17.5. The van der Waals surface area contributed by atoms with E-state index in [1.54, 1.807) is 22.0 Å². The fraction of sp³-hybridized carbons (Fsp3) is 0.391. The molecule has 3 aromatic rings. The Hall–Kier alpha value is -2.80. The third-order valence-electron chi connectivity index (χ3n) is 5.66. The molecule has 0 aliphatic carbocycles. The number of carbonyl (C=O) groups is 2. The number of pyridine rings is 1. The van der Waals surface area contributed by atoms with Crippen molar-refractivity contribution in [1.82, 2.24) is 20.2 Å². The smallest absolute Gasteiger partial charge is 0.273 e. The lowest BCUT2D eigenvalue weighted by molar-refractivity contribution is 0.0493. The number of aryl methyl sites for hydroxylation is 1. The third-order valence-corrected chi connectivity index (χ3v) is 6.25. The quantitative estimate of drug-likeness (QED) is 0.654. The standard InChI is InChI=1S/C23H26N4O2S/c1-4-15-7-18-17(14(2)3)5-6-24-21(18)19(8-15)22(28)25-9-16-10-27(11-16)23(29)20-12-30-13-26-20/h5-8,12-14,16H,4,9-11H2,1-3H3,(H,25,28). The Morgan fingerprint density at radius 2 is 2.07 bits per heavy atom. The minimum Gasteiger partial charge on any atom is -0.352 e. The molecule has 0 radical (unpaired) electrons. The van der Waals surface area contributed by atoms with Crippen LogP contribution in [0.5, 0.6) is 0 Å². The van der Waals surface area contributed by atoms with E-state index < -0.39 is 0 Å². The van der Waals surface area contributed by atoms with Crippen LogP contribution in [0.3, 0.4) is 0 Å². The van der Waals surface area contributed by atoms with Gasteiger partial charge in [-0.25, -0.2) is 4.98 Å². The normalized spacial score (nSPS) is 14.2. The summed E-state index contributed by atoms with van der Waals surface area (Å²) >= 11 is 1.42. The van der Waals surface area contributed by atoms with Crippen molar-refractivity contribution < 1.29 is 9.59 Å². The van der Waals surface area contributed by atoms with E-state index in [0.717, 1.165) is 22.9 Å². The summed E-state index contributed by atoms with van der Waals surface area (Å²) in [7, 11) is 0. The highest BCUT2D eigenvalue weighted by Crippen LogP contribution is 2.28. The predicted octanol–water partition coefficient (Wildman–Crippen LogP) is 3.88. The van der Waals surface area contributed by atoms with Crippen LogP contribution in [0.2, 0.25) is 0 Å². The molecular formula is C23H26N4O2S. The lowest BCUT2D eigenvalue weighted by Gasteiger charge is -2.38. The number of nitrogens with zero attached hydrogens (tertiary/aromatic N) is 3. The number of hydrogen-bond donors (Lipinski definition) is 1. The van der Waals surface area contributed by atoms with Gasteiger partial charge < -0.3 is 10.2 Å². The Labute approximate surface area is 180 Å². The molecule has 0 saturated carbocycles. The molecule has 0 bridgehead atoms. The maximum absolute atomic E-state index is 13.0. The van der Waals surface area contributed by atoms with E-state index in [1.807, 2.05) is 12.1 Å². The molecule has 156 valence electrons. The number of likely N-dealkylation sites (tertiary alicyclic amines) is 1. The summed E-state index contributed by atoms with van der Waals surface area (Å²) in [5.41, 5.74) is 5.88. The Morgan fingerprint density at radius 3 is 2.73 bits per heavy atom. The number of fused-ring (bicyclic) bond motifs is 1. The number of rotatable bonds is 6. The summed E-state index contributed by atoms with van der Waals surface area (Å²) in [4.78, 5) is 35.7. The molecule has 6 nitrogen and oxygen atoms in total. The molecule has 1 aliphatic rings. The van der Waals surface area contributed by atoms with Gasteiger partial charge in [-0.1, -0.05) is 20.8 Å². The van der Waals surface area contributed by atoms with E-state index in [9.17, 15) is 9.59 Å². The van der Waals surface area contributed by atoms with Crippen molar-refractivity contribution in [2.45, 2.75) is 33.1 Å². The molecule has 2 amide bonds. The minimum absolute atomic E-state index is 0.0362. The molecule has 3 heterocycles. The Bertz CT molecular complexity index is 1070. The van der Waals surface area contributed by atoms with Crippen LogP contribution in [0.15, 0.2) is 35.3 Å². The van der Waals surface area contributed by atoms with Gasteiger partial charge in [-0.15, -0.1) is 11.3 Å². The first-order chi connectivity index (χ1) is 14.5. The first-order valence-corrected chi connectivity index (χ1v) is 11.3. The van der Waals surface area contributed by atoms with Crippen LogP contribution in [0.1, 0.15) is 58.7 Å². The average Bonchev–Trinajstić information content (AvgIpc) is 3.25. The Morgan fingerprint density at radius 1 is 1.27 bits per heavy atom. The van der Waals surface area contributed by atoms with Gasteiger partial charge in [0.2, 0.25) is 0 Å². The lowest BCUT2D eigenvalue weighted by atomic mass is 9.94. The SMILES string of the molecule is CCc1cc(C(=O)NCC2CN(C(=O)c3cscn3)C2)c2nccc(C(C)C)c2c1. The molecule has 1 fully saturated rings. The number of aromatic nitrogens is 2. The highest BCUT2D eigenvalue weighted by atomic mass is 32.1. The van der Waals surface area contributed by atoms with Gasteiger partial charge in [0.25, 0.3) is 11.8 Å². The fourth-order valence-electron chi connectivity index (χ4n) is 3.89. The zero-order valence-corrected chi connectivity index (χ0v) is 18.3. The minimum atomic E-state index is -0.104. The maximum Gasteiger partial charge on any atom is 0.273 e. The van der Waals surface area contributed by atoms with Crippen molar-refractivity contribution in [3.63, 3.8) is 0 Å². The summed E-state index contributed by atoms with van der Waals surface area (Å²) in [6.45, 7) is 8.23. The second-order valence-corrected chi connectivity index (χ2v) is 8.83. The molecule has 7 heteroatoms. The third kappa shape index (κ3) is 3.94. The van der Waals surface area contributed by atoms with Crippen LogP contribution < -0.4 is 5.32 Å². The van der Waals surface area contributed by atoms with E-state index in [4.69, 9.17) is 0 Å². The van der Waals surface area contributed by atoms with Gasteiger partial charge in [0.1, 0.15) is 5.69 Å². The van der Waals surface area contributed by atoms with Crippen molar-refractivity contribution in [1.29, 1.82) is 0 Å². The van der Waals surface area contributed by atoms with E-state index in [1.165, 1.54) is 16.9 Å². The maximum atomic E-state index is 13.0. The predicted molar refractivity (Wildman–Crippen MR) is 119 cm³/mol. The van der Waals surface area contributed by atoms with Gasteiger partial charge in [-0.2, -0.15) is 0 Å². The van der Waals surface area contributed by atoms with Crippen LogP contribution >= 0.6 is 11.3 Å². The van der Waals surface area contributed by atoms with Crippen molar-refractivity contribution in [2.75, 3.05) is 19.6 Å². The van der Waals surface area contributed by atoms with Crippen LogP contribution in [-0.2, 0) is 6.42 Å². The van der Waals surface area contributed by atoms with Gasteiger partial charge in [-0.3, -0.25) is 14.6 Å². The summed E-state index contributed by atoms with van der Waals surface area (Å²) < 4.78 is 0. The number of amides is 2. The van der Waals surface area contributed by atoms with Crippen LogP contribution in [0, 0.1) is 5.92 Å². The van der Waals surface area contributed by atoms with Crippen LogP contribution in [-0.4, -0.2) is 46.3 Å². The molecule has 1 saturated heterocycles. The highest BCUT2D eigenvalue weighted by Gasteiger charge is 2.32. The molecular weight excluding hydrogens is 396 g/mol. The first-order valence-electron chi connectivity index (χ1n) is 10.3. The van der Waals surface area contributed by atoms with Crippen molar-refractivity contribution in [3.8, 4) is 0 Å². The highest BCUT2D eigenvalue weighted by molar-refractivity contribution is 7.07. The number of thiazole rings is 1. The van der Waals surface area contributed by atoms with Gasteiger partial charge in [0, 0.05) is 42.5 Å². The number of nitrogens with one attached hydrogen (secondary N) is 1. The lowest BCUT2D eigenvalue weighted by Crippen LogP contribution is -2.53. The fourth-order valence-corrected chi connectivity index (χ4v) is 4.42. The van der Waals surface area contributed by atoms with Gasteiger partial charge in [0.05, 0.1) is 16.6 Å². The summed E-state index contributed by atoms with van der Waals surface area (Å²) in [5, 5.41) is 5.88. The molecule has 0 spiro atoms. The zero-order chi connectivity index (χ0) is 21.3. The summed E-state index contributed by atoms with van der Waals surface area (Å²) in [6.07, 6.45) is 2.65. The van der Waals surface area contributed by atoms with Gasteiger partial charge in [-0.05, 0) is 41.7 Å². The number of carbonyl (C=O) groups excluding carboxylic acids is 2. The van der Waals surface area contributed by atoms with E-state index in [-0.39, 0.29) is 17.7 Å². The Kier molecular flexibility index (Phi) is 5.81. The molecule has 0 unspecified atom stereocenters. The van der Waals surface area contributed by atoms with E-state index >= 15 is 0 Å². The molecule has 1 aromatic carbocycles. The molecule has 1 N–H and O–H groups in total. The topological polar surface area (TPSA) is 75.2 Å². The second kappa shape index (κ2) is 8.52.